The fraction of sp³-hybridized carbons (Fsp3) is 0.780. The summed E-state index contributed by atoms with van der Waals surface area (Å²) in [5.41, 5.74) is 1.82. The molecule has 0 radical (unpaired) electrons. The Bertz CT molecular complexity index is 1360. The lowest BCUT2D eigenvalue weighted by Crippen LogP contribution is -2.58. The molecule has 1 aromatic rings. The molecular formula is C41H62O5. The van der Waals surface area contributed by atoms with Gasteiger partial charge in [0.15, 0.2) is 11.5 Å². The predicted molar refractivity (Wildman–Crippen MR) is 184 cm³/mol. The quantitative estimate of drug-likeness (QED) is 0.209. The number of methoxy groups -OCH3 is 1. The molecule has 5 saturated carbocycles. The summed E-state index contributed by atoms with van der Waals surface area (Å²) in [6, 6.07) is 5.07. The number of esters is 1. The summed E-state index contributed by atoms with van der Waals surface area (Å²) in [6.45, 7) is 18.8. The largest absolute Gasteiger partial charge is 0.504 e. The van der Waals surface area contributed by atoms with E-state index in [1.54, 1.807) is 24.3 Å². The van der Waals surface area contributed by atoms with Gasteiger partial charge in [-0.05, 0) is 153 Å². The van der Waals surface area contributed by atoms with E-state index in [-0.39, 0.29) is 23.2 Å². The van der Waals surface area contributed by atoms with Gasteiger partial charge in [-0.3, -0.25) is 0 Å². The van der Waals surface area contributed by atoms with Crippen molar-refractivity contribution >= 4 is 12.0 Å². The van der Waals surface area contributed by atoms with Crippen LogP contribution in [0.1, 0.15) is 132 Å². The van der Waals surface area contributed by atoms with E-state index >= 15 is 0 Å². The maximum Gasteiger partial charge on any atom is 0.331 e. The highest BCUT2D eigenvalue weighted by atomic mass is 16.5. The molecular weight excluding hydrogens is 572 g/mol. The third-order valence-electron chi connectivity index (χ3n) is 15.9. The molecule has 5 nitrogen and oxygen atoms in total. The first kappa shape index (κ1) is 33.9. The second kappa shape index (κ2) is 11.3. The first-order chi connectivity index (χ1) is 21.4. The molecule has 0 aliphatic heterocycles. The zero-order chi connectivity index (χ0) is 33.5. The molecule has 1 aromatic carbocycles. The molecule has 1 unspecified atom stereocenters. The highest BCUT2D eigenvalue weighted by molar-refractivity contribution is 5.87. The van der Waals surface area contributed by atoms with Crippen molar-refractivity contribution in [2.45, 2.75) is 138 Å². The Morgan fingerprint density at radius 2 is 1.65 bits per heavy atom. The molecule has 10 atom stereocenters. The van der Waals surface area contributed by atoms with E-state index in [1.165, 1.54) is 71.0 Å². The third kappa shape index (κ3) is 4.98. The van der Waals surface area contributed by atoms with Gasteiger partial charge in [0.05, 0.1) is 12.7 Å². The lowest BCUT2D eigenvalue weighted by atomic mass is 9.41. The van der Waals surface area contributed by atoms with Crippen LogP contribution in [0, 0.1) is 56.7 Å². The Morgan fingerprint density at radius 3 is 2.35 bits per heavy atom. The van der Waals surface area contributed by atoms with E-state index in [9.17, 15) is 15.0 Å². The molecule has 2 N–H and O–H groups in total. The van der Waals surface area contributed by atoms with Gasteiger partial charge in [-0.25, -0.2) is 4.79 Å². The van der Waals surface area contributed by atoms with E-state index < -0.39 is 5.60 Å². The monoisotopic (exact) mass is 634 g/mol. The number of benzene rings is 1. The maximum atomic E-state index is 13.1. The normalized spacial score (nSPS) is 40.7. The van der Waals surface area contributed by atoms with Crippen LogP contribution < -0.4 is 4.74 Å². The van der Waals surface area contributed by atoms with Crippen LogP contribution in [0.3, 0.4) is 0 Å². The van der Waals surface area contributed by atoms with Gasteiger partial charge in [-0.2, -0.15) is 0 Å². The summed E-state index contributed by atoms with van der Waals surface area (Å²) in [7, 11) is 1.52. The SMILES string of the molecule is COc1cc(/C=C/C(=O)O[C@H]2CC[C@]34C[C@]35CC[C@]3(C)[C@@H]([C@H](C)CCC(C)C(C)(C)O)CC[C@@]3(C)[C@@H]5CC[C@H]4C2(C)C)ccc1O. The van der Waals surface area contributed by atoms with Crippen LogP contribution in [0.15, 0.2) is 24.3 Å². The Kier molecular flexibility index (Phi) is 8.30. The van der Waals surface area contributed by atoms with Crippen molar-refractivity contribution in [3.63, 3.8) is 0 Å². The van der Waals surface area contributed by atoms with Crippen LogP contribution in [0.4, 0.5) is 0 Å². The van der Waals surface area contributed by atoms with E-state index in [2.05, 4.69) is 41.5 Å². The highest BCUT2D eigenvalue weighted by Crippen LogP contribution is 2.89. The number of rotatable bonds is 9. The number of hydrogen-bond acceptors (Lipinski definition) is 5. The van der Waals surface area contributed by atoms with Crippen molar-refractivity contribution in [1.29, 1.82) is 0 Å². The van der Waals surface area contributed by atoms with E-state index in [0.717, 1.165) is 30.2 Å². The van der Waals surface area contributed by atoms with E-state index in [0.29, 0.717) is 45.2 Å². The lowest BCUT2D eigenvalue weighted by molar-refractivity contribution is -0.179. The van der Waals surface area contributed by atoms with Crippen LogP contribution in [0.5, 0.6) is 11.5 Å². The summed E-state index contributed by atoms with van der Waals surface area (Å²) in [6.07, 6.45) is 17.1. The smallest absolute Gasteiger partial charge is 0.331 e. The fourth-order valence-electron chi connectivity index (χ4n) is 12.7. The second-order valence-electron chi connectivity index (χ2n) is 18.3. The number of phenols is 1. The van der Waals surface area contributed by atoms with Crippen molar-refractivity contribution in [3.8, 4) is 11.5 Å². The van der Waals surface area contributed by atoms with E-state index in [4.69, 9.17) is 9.47 Å². The molecule has 0 heterocycles. The van der Waals surface area contributed by atoms with Crippen molar-refractivity contribution in [2.75, 3.05) is 7.11 Å². The average molecular weight is 635 g/mol. The minimum atomic E-state index is -0.603. The molecule has 5 fully saturated rings. The van der Waals surface area contributed by atoms with Crippen molar-refractivity contribution in [2.24, 2.45) is 56.7 Å². The lowest BCUT2D eigenvalue weighted by Gasteiger charge is -2.63. The Balaban J connectivity index is 1.14. The molecule has 0 saturated heterocycles. The van der Waals surface area contributed by atoms with Crippen LogP contribution in [0.2, 0.25) is 0 Å². The average Bonchev–Trinajstić information content (AvgIpc) is 3.58. The highest BCUT2D eigenvalue weighted by Gasteiger charge is 2.82. The minimum Gasteiger partial charge on any atom is -0.504 e. The topological polar surface area (TPSA) is 76.0 Å². The third-order valence-corrected chi connectivity index (χ3v) is 15.9. The summed E-state index contributed by atoms with van der Waals surface area (Å²) in [4.78, 5) is 13.1. The Hall–Kier alpha value is -2.01. The summed E-state index contributed by atoms with van der Waals surface area (Å²) >= 11 is 0. The molecule has 0 aromatic heterocycles. The summed E-state index contributed by atoms with van der Waals surface area (Å²) in [5.74, 6) is 3.39. The fourth-order valence-corrected chi connectivity index (χ4v) is 12.7. The van der Waals surface area contributed by atoms with Gasteiger partial charge in [0.2, 0.25) is 0 Å². The van der Waals surface area contributed by atoms with Gasteiger partial charge in [-0.1, -0.05) is 54.0 Å². The van der Waals surface area contributed by atoms with Gasteiger partial charge >= 0.3 is 5.97 Å². The zero-order valence-electron chi connectivity index (χ0n) is 30.2. The van der Waals surface area contributed by atoms with E-state index in [1.807, 2.05) is 13.8 Å². The Labute approximate surface area is 278 Å². The number of aromatic hydroxyl groups is 1. The van der Waals surface area contributed by atoms with Crippen LogP contribution in [0.25, 0.3) is 6.08 Å². The number of hydrogen-bond donors (Lipinski definition) is 2. The van der Waals surface area contributed by atoms with Crippen molar-refractivity contribution < 1.29 is 24.5 Å². The molecule has 256 valence electrons. The molecule has 5 aliphatic rings. The molecule has 46 heavy (non-hydrogen) atoms. The number of phenolic OH excluding ortho intramolecular Hbond substituents is 1. The molecule has 0 bridgehead atoms. The number of aliphatic hydroxyl groups is 1. The van der Waals surface area contributed by atoms with Crippen molar-refractivity contribution in [3.05, 3.63) is 29.8 Å². The Morgan fingerprint density at radius 1 is 0.957 bits per heavy atom. The number of ether oxygens (including phenoxy) is 2. The molecule has 2 spiro atoms. The molecule has 0 amide bonds. The van der Waals surface area contributed by atoms with Gasteiger partial charge in [0.25, 0.3) is 0 Å². The van der Waals surface area contributed by atoms with Gasteiger partial charge in [0, 0.05) is 11.5 Å². The number of fused-ring (bicyclic) bond motifs is 2. The molecule has 5 heteroatoms. The molecule has 6 rings (SSSR count). The minimum absolute atomic E-state index is 0.0520. The number of carbonyl (C=O) groups excluding carboxylic acids is 1. The standard InChI is InChI=1S/C41H62O5/c1-26(10-11-27(2)37(5,6)44)29-18-20-39(8)33-16-15-32-36(3,4)34(19-21-40(32)25-41(33,40)23-22-38(29,39)7)46-35(43)17-13-28-12-14-30(42)31(24-28)45-9/h12-14,17,24,26-27,29,32-34,42,44H,10-11,15-16,18-23,25H2,1-9H3/b17-13+/t26-,27?,29-,32+,33+,34+,38-,39+,40-,41+/m1/s1. The van der Waals surface area contributed by atoms with Gasteiger partial charge in [0.1, 0.15) is 6.10 Å². The predicted octanol–water partition coefficient (Wildman–Crippen LogP) is 9.59. The zero-order valence-corrected chi connectivity index (χ0v) is 30.2. The van der Waals surface area contributed by atoms with Crippen molar-refractivity contribution in [1.82, 2.24) is 0 Å². The van der Waals surface area contributed by atoms with Gasteiger partial charge in [-0.15, -0.1) is 0 Å². The first-order valence-corrected chi connectivity index (χ1v) is 18.4. The maximum absolute atomic E-state index is 13.1. The first-order valence-electron chi connectivity index (χ1n) is 18.4. The molecule has 5 aliphatic carbocycles. The summed E-state index contributed by atoms with van der Waals surface area (Å²) < 4.78 is 11.5. The van der Waals surface area contributed by atoms with Crippen LogP contribution in [-0.2, 0) is 9.53 Å². The van der Waals surface area contributed by atoms with Crippen LogP contribution >= 0.6 is 0 Å². The summed E-state index contributed by atoms with van der Waals surface area (Å²) in [5, 5.41) is 20.4. The number of carbonyl (C=O) groups is 1. The second-order valence-corrected chi connectivity index (χ2v) is 18.3. The van der Waals surface area contributed by atoms with Crippen LogP contribution in [-0.4, -0.2) is 35.0 Å². The van der Waals surface area contributed by atoms with Gasteiger partial charge < -0.3 is 19.7 Å².